The Labute approximate surface area is 207 Å². The maximum Gasteiger partial charge on any atom is 0.412 e. The van der Waals surface area contributed by atoms with Gasteiger partial charge in [0.1, 0.15) is 11.4 Å². The average molecular weight is 477 g/mol. The van der Waals surface area contributed by atoms with Crippen LogP contribution in [-0.2, 0) is 9.53 Å². The maximum absolute atomic E-state index is 13.3. The molecule has 2 aromatic rings. The van der Waals surface area contributed by atoms with Crippen LogP contribution >= 0.6 is 0 Å². The number of ether oxygens (including phenoxy) is 2. The molecule has 4 aliphatic rings. The molecule has 4 bridgehead atoms. The van der Waals surface area contributed by atoms with Gasteiger partial charge in [0, 0.05) is 11.7 Å². The van der Waals surface area contributed by atoms with Crippen LogP contribution in [0.25, 0.3) is 0 Å². The van der Waals surface area contributed by atoms with Gasteiger partial charge in [0.25, 0.3) is 5.91 Å². The summed E-state index contributed by atoms with van der Waals surface area (Å²) in [6.45, 7) is 7.66. The molecule has 2 N–H and O–H groups in total. The molecule has 6 heteroatoms. The third-order valence-corrected chi connectivity index (χ3v) is 8.03. The molecule has 5 atom stereocenters. The molecule has 2 aromatic carbocycles. The Morgan fingerprint density at radius 3 is 2.29 bits per heavy atom. The van der Waals surface area contributed by atoms with Crippen LogP contribution in [0.15, 0.2) is 48.5 Å². The van der Waals surface area contributed by atoms with Gasteiger partial charge in [-0.05, 0) is 107 Å². The first kappa shape index (κ1) is 23.7. The summed E-state index contributed by atoms with van der Waals surface area (Å²) in [5.74, 6) is 1.76. The number of amides is 2. The van der Waals surface area contributed by atoms with Crippen molar-refractivity contribution in [2.24, 2.45) is 17.8 Å². The predicted octanol–water partition coefficient (Wildman–Crippen LogP) is 5.77. The van der Waals surface area contributed by atoms with E-state index in [-0.39, 0.29) is 18.0 Å². The molecule has 6 nitrogen and oxygen atoms in total. The van der Waals surface area contributed by atoms with E-state index < -0.39 is 11.2 Å². The van der Waals surface area contributed by atoms with Crippen molar-refractivity contribution in [2.75, 3.05) is 5.32 Å². The number of benzene rings is 2. The molecule has 2 amide bonds. The molecule has 0 aromatic heterocycles. The molecule has 3 unspecified atom stereocenters. The lowest BCUT2D eigenvalue weighted by Gasteiger charge is -2.59. The Bertz CT molecular complexity index is 1090. The van der Waals surface area contributed by atoms with E-state index in [1.54, 1.807) is 0 Å². The smallest absolute Gasteiger partial charge is 0.412 e. The summed E-state index contributed by atoms with van der Waals surface area (Å²) in [6, 6.07) is 15.6. The zero-order valence-electron chi connectivity index (χ0n) is 21.1. The molecule has 0 aliphatic heterocycles. The van der Waals surface area contributed by atoms with Crippen LogP contribution in [-0.4, -0.2) is 29.2 Å². The highest BCUT2D eigenvalue weighted by atomic mass is 16.6. The van der Waals surface area contributed by atoms with E-state index in [1.165, 1.54) is 0 Å². The summed E-state index contributed by atoms with van der Waals surface area (Å²) >= 11 is 0. The zero-order chi connectivity index (χ0) is 24.8. The Kier molecular flexibility index (Phi) is 6.02. The van der Waals surface area contributed by atoms with Gasteiger partial charge >= 0.3 is 6.09 Å². The van der Waals surface area contributed by atoms with Crippen LogP contribution in [0.4, 0.5) is 10.5 Å². The van der Waals surface area contributed by atoms with E-state index in [0.29, 0.717) is 23.5 Å². The molecule has 0 saturated heterocycles. The van der Waals surface area contributed by atoms with Gasteiger partial charge in [-0.25, -0.2) is 4.79 Å². The lowest BCUT2D eigenvalue weighted by atomic mass is 9.52. The van der Waals surface area contributed by atoms with Gasteiger partial charge in [-0.1, -0.05) is 29.8 Å². The lowest BCUT2D eigenvalue weighted by Crippen LogP contribution is -2.64. The number of carbonyl (C=O) groups excluding carboxylic acids is 2. The van der Waals surface area contributed by atoms with Gasteiger partial charge < -0.3 is 14.8 Å². The summed E-state index contributed by atoms with van der Waals surface area (Å²) in [5, 5.41) is 6.23. The molecule has 186 valence electrons. The third-order valence-electron chi connectivity index (χ3n) is 8.03. The van der Waals surface area contributed by atoms with Gasteiger partial charge in [0.15, 0.2) is 5.60 Å². The van der Waals surface area contributed by atoms with Crippen LogP contribution in [0.1, 0.15) is 57.1 Å². The molecule has 4 aliphatic carbocycles. The van der Waals surface area contributed by atoms with E-state index in [2.05, 4.69) is 10.6 Å². The summed E-state index contributed by atoms with van der Waals surface area (Å²) in [7, 11) is 0. The largest absolute Gasteiger partial charge is 0.478 e. The summed E-state index contributed by atoms with van der Waals surface area (Å²) in [4.78, 5) is 26.1. The van der Waals surface area contributed by atoms with Crippen molar-refractivity contribution in [3.8, 4) is 5.75 Å². The molecule has 4 saturated carbocycles. The highest BCUT2D eigenvalue weighted by Gasteiger charge is 2.58. The minimum Gasteiger partial charge on any atom is -0.478 e. The third kappa shape index (κ3) is 5.02. The molecule has 0 heterocycles. The van der Waals surface area contributed by atoms with Gasteiger partial charge in [-0.2, -0.15) is 0 Å². The SMILES string of the molecule is Cc1ccc(OC(C)(C)C(=O)NC2[C@@H]3CC4C[C@H]2CC(OC(=O)Nc2cccc(C)c2)(C4)C3)cc1. The topological polar surface area (TPSA) is 76.7 Å². The first-order chi connectivity index (χ1) is 16.6. The van der Waals surface area contributed by atoms with Crippen molar-refractivity contribution in [3.05, 3.63) is 59.7 Å². The number of aryl methyl sites for hydroxylation is 2. The van der Waals surface area contributed by atoms with Crippen LogP contribution in [0.3, 0.4) is 0 Å². The average Bonchev–Trinajstić information content (AvgIpc) is 2.76. The molecule has 4 fully saturated rings. The second-order valence-corrected chi connectivity index (χ2v) is 11.5. The Morgan fingerprint density at radius 2 is 1.63 bits per heavy atom. The summed E-state index contributed by atoms with van der Waals surface area (Å²) in [5.41, 5.74) is 1.58. The molecule has 35 heavy (non-hydrogen) atoms. The first-order valence-corrected chi connectivity index (χ1v) is 12.7. The van der Waals surface area contributed by atoms with Gasteiger partial charge in [0.2, 0.25) is 0 Å². The minimum atomic E-state index is -0.980. The fraction of sp³-hybridized carbons (Fsp3) is 0.517. The van der Waals surface area contributed by atoms with Crippen LogP contribution in [0.2, 0.25) is 0 Å². The van der Waals surface area contributed by atoms with Crippen molar-refractivity contribution in [1.29, 1.82) is 0 Å². The normalized spacial score (nSPS) is 28.9. The van der Waals surface area contributed by atoms with E-state index >= 15 is 0 Å². The first-order valence-electron chi connectivity index (χ1n) is 12.7. The van der Waals surface area contributed by atoms with Gasteiger partial charge in [-0.15, -0.1) is 0 Å². The number of anilines is 1. The quantitative estimate of drug-likeness (QED) is 0.555. The Morgan fingerprint density at radius 1 is 0.943 bits per heavy atom. The highest BCUT2D eigenvalue weighted by molar-refractivity contribution is 5.85. The predicted molar refractivity (Wildman–Crippen MR) is 135 cm³/mol. The summed E-state index contributed by atoms with van der Waals surface area (Å²) in [6.07, 6.45) is 4.28. The van der Waals surface area contributed by atoms with Gasteiger partial charge in [-0.3, -0.25) is 10.1 Å². The van der Waals surface area contributed by atoms with E-state index in [4.69, 9.17) is 9.47 Å². The number of hydrogen-bond acceptors (Lipinski definition) is 4. The van der Waals surface area contributed by atoms with Crippen molar-refractivity contribution < 1.29 is 19.1 Å². The minimum absolute atomic E-state index is 0.0940. The van der Waals surface area contributed by atoms with E-state index in [9.17, 15) is 9.59 Å². The lowest BCUT2D eigenvalue weighted by molar-refractivity contribution is -0.152. The van der Waals surface area contributed by atoms with E-state index in [1.807, 2.05) is 76.2 Å². The number of hydrogen-bond donors (Lipinski definition) is 2. The summed E-state index contributed by atoms with van der Waals surface area (Å²) < 4.78 is 12.2. The molecule has 0 radical (unpaired) electrons. The van der Waals surface area contributed by atoms with Crippen molar-refractivity contribution in [1.82, 2.24) is 5.32 Å². The van der Waals surface area contributed by atoms with Crippen LogP contribution in [0.5, 0.6) is 5.75 Å². The van der Waals surface area contributed by atoms with Crippen LogP contribution in [0, 0.1) is 31.6 Å². The van der Waals surface area contributed by atoms with Crippen molar-refractivity contribution in [3.63, 3.8) is 0 Å². The molecular weight excluding hydrogens is 440 g/mol. The van der Waals surface area contributed by atoms with Crippen LogP contribution < -0.4 is 15.4 Å². The molecule has 6 rings (SSSR count). The van der Waals surface area contributed by atoms with Crippen molar-refractivity contribution in [2.45, 2.75) is 77.0 Å². The number of nitrogens with one attached hydrogen (secondary N) is 2. The van der Waals surface area contributed by atoms with Gasteiger partial charge in [0.05, 0.1) is 0 Å². The van der Waals surface area contributed by atoms with E-state index in [0.717, 1.165) is 48.9 Å². The Hall–Kier alpha value is -3.02. The zero-order valence-corrected chi connectivity index (χ0v) is 21.1. The standard InChI is InChI=1S/C29H36N2O4/c1-18-8-10-24(11-9-18)34-28(3,4)26(32)31-25-21-13-20-14-22(25)17-29(15-20,16-21)35-27(33)30-23-7-5-6-19(2)12-23/h5-12,20-22,25H,13-17H2,1-4H3,(H,30,33)(H,31,32)/t20?,21-,22+,25?,29?. The molecular formula is C29H36N2O4. The second-order valence-electron chi connectivity index (χ2n) is 11.5. The fourth-order valence-electron chi connectivity index (χ4n) is 6.65. The second kappa shape index (κ2) is 8.89. The highest BCUT2D eigenvalue weighted by Crippen LogP contribution is 2.57. The number of carbonyl (C=O) groups is 2. The maximum atomic E-state index is 13.3. The molecule has 0 spiro atoms. The number of rotatable bonds is 6. The fourth-order valence-corrected chi connectivity index (χ4v) is 6.65. The monoisotopic (exact) mass is 476 g/mol. The Balaban J connectivity index is 1.22. The van der Waals surface area contributed by atoms with Crippen molar-refractivity contribution >= 4 is 17.7 Å².